The standard InChI is InChI=1S/C14H13BrF2N2/c1-18-12(8-9-4-2-3-7-19-9)13-11(16)6-5-10(15)14(13)17/h2-7,12,18H,8H2,1H3. The molecule has 0 aliphatic heterocycles. The van der Waals surface area contributed by atoms with Crippen molar-refractivity contribution in [1.82, 2.24) is 10.3 Å². The quantitative estimate of drug-likeness (QED) is 0.868. The molecule has 0 radical (unpaired) electrons. The van der Waals surface area contributed by atoms with Gasteiger partial charge in [-0.3, -0.25) is 4.98 Å². The number of pyridine rings is 1. The number of aromatic nitrogens is 1. The Labute approximate surface area is 119 Å². The smallest absolute Gasteiger partial charge is 0.145 e. The van der Waals surface area contributed by atoms with Crippen LogP contribution in [0, 0.1) is 11.6 Å². The molecule has 1 aromatic carbocycles. The third-order valence-electron chi connectivity index (χ3n) is 2.92. The molecular weight excluding hydrogens is 314 g/mol. The molecule has 0 spiro atoms. The molecule has 0 aliphatic rings. The van der Waals surface area contributed by atoms with Gasteiger partial charge in [0.25, 0.3) is 0 Å². The number of rotatable bonds is 4. The van der Waals surface area contributed by atoms with Crippen LogP contribution in [-0.2, 0) is 6.42 Å². The lowest BCUT2D eigenvalue weighted by Crippen LogP contribution is -2.22. The second-order valence-electron chi connectivity index (χ2n) is 4.12. The van der Waals surface area contributed by atoms with E-state index in [4.69, 9.17) is 0 Å². The van der Waals surface area contributed by atoms with Gasteiger partial charge in [0.1, 0.15) is 11.6 Å². The first kappa shape index (κ1) is 14.1. The van der Waals surface area contributed by atoms with Crippen molar-refractivity contribution in [1.29, 1.82) is 0 Å². The monoisotopic (exact) mass is 326 g/mol. The normalized spacial score (nSPS) is 12.4. The number of hydrogen-bond acceptors (Lipinski definition) is 2. The van der Waals surface area contributed by atoms with Crippen LogP contribution in [0.2, 0.25) is 0 Å². The Balaban J connectivity index is 2.35. The van der Waals surface area contributed by atoms with Crippen molar-refractivity contribution in [2.24, 2.45) is 0 Å². The minimum absolute atomic E-state index is 0.0301. The molecule has 5 heteroatoms. The van der Waals surface area contributed by atoms with Gasteiger partial charge in [0.05, 0.1) is 4.47 Å². The molecule has 0 fully saturated rings. The van der Waals surface area contributed by atoms with Gasteiger partial charge in [-0.1, -0.05) is 6.07 Å². The van der Waals surface area contributed by atoms with E-state index >= 15 is 0 Å². The summed E-state index contributed by atoms with van der Waals surface area (Å²) < 4.78 is 28.2. The van der Waals surface area contributed by atoms with Crippen LogP contribution in [-0.4, -0.2) is 12.0 Å². The zero-order valence-electron chi connectivity index (χ0n) is 10.3. The molecule has 1 aromatic heterocycles. The van der Waals surface area contributed by atoms with Crippen LogP contribution in [0.3, 0.4) is 0 Å². The van der Waals surface area contributed by atoms with Gasteiger partial charge in [0.15, 0.2) is 0 Å². The van der Waals surface area contributed by atoms with Crippen LogP contribution in [0.15, 0.2) is 41.0 Å². The summed E-state index contributed by atoms with van der Waals surface area (Å²) in [6.07, 6.45) is 2.08. The van der Waals surface area contributed by atoms with E-state index in [2.05, 4.69) is 26.2 Å². The zero-order chi connectivity index (χ0) is 13.8. The Morgan fingerprint density at radius 2 is 2.05 bits per heavy atom. The molecule has 2 aromatic rings. The minimum atomic E-state index is -0.574. The molecule has 100 valence electrons. The predicted molar refractivity (Wildman–Crippen MR) is 73.8 cm³/mol. The maximum Gasteiger partial charge on any atom is 0.145 e. The van der Waals surface area contributed by atoms with E-state index in [1.54, 1.807) is 19.3 Å². The van der Waals surface area contributed by atoms with Gasteiger partial charge in [-0.05, 0) is 47.2 Å². The molecule has 2 rings (SSSR count). The number of halogens is 3. The van der Waals surface area contributed by atoms with E-state index in [0.29, 0.717) is 6.42 Å². The number of nitrogens with zero attached hydrogens (tertiary/aromatic N) is 1. The number of nitrogens with one attached hydrogen (secondary N) is 1. The molecular formula is C14H13BrF2N2. The van der Waals surface area contributed by atoms with Gasteiger partial charge < -0.3 is 5.32 Å². The van der Waals surface area contributed by atoms with Crippen LogP contribution in [0.4, 0.5) is 8.78 Å². The fourth-order valence-electron chi connectivity index (χ4n) is 1.94. The molecule has 1 heterocycles. The van der Waals surface area contributed by atoms with Gasteiger partial charge >= 0.3 is 0 Å². The highest BCUT2D eigenvalue weighted by Gasteiger charge is 2.21. The van der Waals surface area contributed by atoms with Crippen molar-refractivity contribution in [2.75, 3.05) is 7.05 Å². The third kappa shape index (κ3) is 3.16. The third-order valence-corrected chi connectivity index (χ3v) is 3.53. The highest BCUT2D eigenvalue weighted by molar-refractivity contribution is 9.10. The molecule has 0 aliphatic carbocycles. The summed E-state index contributed by atoms with van der Waals surface area (Å²) >= 11 is 3.08. The highest BCUT2D eigenvalue weighted by Crippen LogP contribution is 2.28. The molecule has 1 atom stereocenters. The first-order valence-electron chi connectivity index (χ1n) is 5.84. The fraction of sp³-hybridized carbons (Fsp3) is 0.214. The molecule has 0 bridgehead atoms. The van der Waals surface area contributed by atoms with Crippen molar-refractivity contribution in [2.45, 2.75) is 12.5 Å². The highest BCUT2D eigenvalue weighted by atomic mass is 79.9. The molecule has 0 saturated carbocycles. The lowest BCUT2D eigenvalue weighted by atomic mass is 10.0. The Hall–Kier alpha value is -1.33. The Morgan fingerprint density at radius 1 is 1.26 bits per heavy atom. The zero-order valence-corrected chi connectivity index (χ0v) is 11.9. The first-order chi connectivity index (χ1) is 9.13. The number of hydrogen-bond donors (Lipinski definition) is 1. The van der Waals surface area contributed by atoms with Crippen LogP contribution < -0.4 is 5.32 Å². The topological polar surface area (TPSA) is 24.9 Å². The van der Waals surface area contributed by atoms with Crippen molar-refractivity contribution in [3.05, 3.63) is 63.9 Å². The summed E-state index contributed by atoms with van der Waals surface area (Å²) in [5, 5.41) is 2.93. The molecule has 2 nitrogen and oxygen atoms in total. The van der Waals surface area contributed by atoms with Gasteiger partial charge in [0.2, 0.25) is 0 Å². The lowest BCUT2D eigenvalue weighted by Gasteiger charge is -2.18. The SMILES string of the molecule is CNC(Cc1ccccn1)c1c(F)ccc(Br)c1F. The maximum atomic E-state index is 14.1. The first-order valence-corrected chi connectivity index (χ1v) is 6.63. The second kappa shape index (κ2) is 6.21. The van der Waals surface area contributed by atoms with Crippen molar-refractivity contribution >= 4 is 15.9 Å². The van der Waals surface area contributed by atoms with Gasteiger partial charge in [-0.25, -0.2) is 8.78 Å². The summed E-state index contributed by atoms with van der Waals surface area (Å²) in [6, 6.07) is 7.64. The Bertz CT molecular complexity index is 561. The largest absolute Gasteiger partial charge is 0.312 e. The summed E-state index contributed by atoms with van der Waals surface area (Å²) in [5.41, 5.74) is 0.808. The van der Waals surface area contributed by atoms with Crippen LogP contribution in [0.25, 0.3) is 0 Å². The Kier molecular flexibility index (Phi) is 4.61. The molecule has 1 unspecified atom stereocenters. The Morgan fingerprint density at radius 3 is 2.68 bits per heavy atom. The van der Waals surface area contributed by atoms with Crippen LogP contribution in [0.5, 0.6) is 0 Å². The molecule has 19 heavy (non-hydrogen) atoms. The van der Waals surface area contributed by atoms with Crippen molar-refractivity contribution < 1.29 is 8.78 Å². The van der Waals surface area contributed by atoms with Crippen LogP contribution in [0.1, 0.15) is 17.3 Å². The van der Waals surface area contributed by atoms with Gasteiger partial charge in [0, 0.05) is 29.9 Å². The van der Waals surface area contributed by atoms with E-state index in [9.17, 15) is 8.78 Å². The van der Waals surface area contributed by atoms with Crippen LogP contribution >= 0.6 is 15.9 Å². The predicted octanol–water partition coefficient (Wildman–Crippen LogP) is 3.63. The molecule has 0 saturated heterocycles. The molecule has 0 amide bonds. The fourth-order valence-corrected chi connectivity index (χ4v) is 2.28. The lowest BCUT2D eigenvalue weighted by molar-refractivity contribution is 0.484. The van der Waals surface area contributed by atoms with Gasteiger partial charge in [-0.15, -0.1) is 0 Å². The summed E-state index contributed by atoms with van der Waals surface area (Å²) in [5.74, 6) is -1.13. The van der Waals surface area contributed by atoms with E-state index in [-0.39, 0.29) is 10.0 Å². The average Bonchev–Trinajstić information content (AvgIpc) is 2.43. The van der Waals surface area contributed by atoms with E-state index in [1.165, 1.54) is 12.1 Å². The summed E-state index contributed by atoms with van der Waals surface area (Å²) in [7, 11) is 1.67. The van der Waals surface area contributed by atoms with Crippen molar-refractivity contribution in [3.63, 3.8) is 0 Å². The summed E-state index contributed by atoms with van der Waals surface area (Å²) in [6.45, 7) is 0. The second-order valence-corrected chi connectivity index (χ2v) is 4.98. The van der Waals surface area contributed by atoms with E-state index in [0.717, 1.165) is 5.69 Å². The average molecular weight is 327 g/mol. The summed E-state index contributed by atoms with van der Waals surface area (Å²) in [4.78, 5) is 4.18. The molecule has 1 N–H and O–H groups in total. The van der Waals surface area contributed by atoms with Gasteiger partial charge in [-0.2, -0.15) is 0 Å². The maximum absolute atomic E-state index is 14.1. The van der Waals surface area contributed by atoms with E-state index < -0.39 is 17.7 Å². The van der Waals surface area contributed by atoms with E-state index in [1.807, 2.05) is 12.1 Å². The van der Waals surface area contributed by atoms with Crippen molar-refractivity contribution in [3.8, 4) is 0 Å². The number of benzene rings is 1. The minimum Gasteiger partial charge on any atom is -0.312 e. The number of likely N-dealkylation sites (N-methyl/N-ethyl adjacent to an activating group) is 1.